The maximum absolute atomic E-state index is 3.04. The first-order valence-electron chi connectivity index (χ1n) is 5.23. The summed E-state index contributed by atoms with van der Waals surface area (Å²) in [6.45, 7) is 2.19. The molecule has 2 aromatic rings. The van der Waals surface area contributed by atoms with Crippen LogP contribution in [0.15, 0.2) is 48.5 Å². The van der Waals surface area contributed by atoms with Crippen molar-refractivity contribution in [3.63, 3.8) is 0 Å². The summed E-state index contributed by atoms with van der Waals surface area (Å²) in [5.74, 6) is 0. The number of aryl methyl sites for hydroxylation is 1. The summed E-state index contributed by atoms with van der Waals surface area (Å²) >= 11 is 3.62. The summed E-state index contributed by atoms with van der Waals surface area (Å²) in [5, 5.41) is 0. The Morgan fingerprint density at radius 1 is 1.06 bits per heavy atom. The van der Waals surface area contributed by atoms with Crippen molar-refractivity contribution in [3.8, 4) is 11.1 Å². The Hall–Kier alpha value is -0.207. The van der Waals surface area contributed by atoms with Crippen LogP contribution in [0.5, 0.6) is 0 Å². The Balaban J connectivity index is 0.000000606. The zero-order valence-electron chi connectivity index (χ0n) is 9.41. The third-order valence-corrected chi connectivity index (χ3v) is 2.43. The van der Waals surface area contributed by atoms with Crippen molar-refractivity contribution < 1.29 is 14.8 Å². The second-order valence-corrected chi connectivity index (χ2v) is 3.30. The fourth-order valence-electron chi connectivity index (χ4n) is 1.68. The molecule has 0 N–H and O–H groups in total. The van der Waals surface area contributed by atoms with Crippen LogP contribution in [0.1, 0.15) is 12.5 Å². The van der Waals surface area contributed by atoms with Crippen LogP contribution < -0.4 is 0 Å². The SMILES string of the molecule is CCc1ccccc1-c1cc[c-]cc1.[Zn+][I]. The van der Waals surface area contributed by atoms with Gasteiger partial charge >= 0.3 is 34.5 Å². The fraction of sp³-hybridized carbons (Fsp3) is 0.143. The van der Waals surface area contributed by atoms with E-state index in [9.17, 15) is 0 Å². The van der Waals surface area contributed by atoms with Gasteiger partial charge in [-0.05, 0) is 17.5 Å². The van der Waals surface area contributed by atoms with Crippen LogP contribution >= 0.6 is 19.8 Å². The fourth-order valence-corrected chi connectivity index (χ4v) is 1.68. The van der Waals surface area contributed by atoms with Crippen LogP contribution in [0.2, 0.25) is 0 Å². The topological polar surface area (TPSA) is 0 Å². The molecule has 0 saturated heterocycles. The van der Waals surface area contributed by atoms with Crippen LogP contribution in [0.3, 0.4) is 0 Å². The van der Waals surface area contributed by atoms with Gasteiger partial charge in [0.15, 0.2) is 0 Å². The van der Waals surface area contributed by atoms with Crippen molar-refractivity contribution in [1.29, 1.82) is 0 Å². The molecule has 16 heavy (non-hydrogen) atoms. The van der Waals surface area contributed by atoms with Gasteiger partial charge in [0.25, 0.3) is 0 Å². The summed E-state index contributed by atoms with van der Waals surface area (Å²) in [4.78, 5) is 0. The van der Waals surface area contributed by atoms with Gasteiger partial charge in [-0.2, -0.15) is 30.3 Å². The van der Waals surface area contributed by atoms with E-state index in [4.69, 9.17) is 0 Å². The Morgan fingerprint density at radius 2 is 1.69 bits per heavy atom. The number of benzene rings is 2. The standard InChI is InChI=1S/C14H13.HI.Zn/c1-2-12-8-6-7-11-14(12)13-9-4-3-5-10-13;;/h4-11H,2H2,1H3;1H;/q-1;;+2/p-1. The van der Waals surface area contributed by atoms with E-state index in [-0.39, 0.29) is 0 Å². The zero-order chi connectivity index (χ0) is 11.8. The first-order chi connectivity index (χ1) is 7.92. The molecule has 0 bridgehead atoms. The molecule has 2 heteroatoms. The van der Waals surface area contributed by atoms with Crippen molar-refractivity contribution in [2.75, 3.05) is 0 Å². The van der Waals surface area contributed by atoms with E-state index in [2.05, 4.69) is 69.1 Å². The van der Waals surface area contributed by atoms with Crippen LogP contribution in [0.4, 0.5) is 0 Å². The number of halogens is 1. The van der Waals surface area contributed by atoms with Gasteiger partial charge in [-0.25, -0.2) is 0 Å². The third kappa shape index (κ3) is 3.67. The molecule has 0 amide bonds. The summed E-state index contributed by atoms with van der Waals surface area (Å²) in [5.41, 5.74) is 4.02. The maximum atomic E-state index is 3.04. The number of hydrogen-bond donors (Lipinski definition) is 0. The molecule has 0 aromatic heterocycles. The molecule has 0 aliphatic heterocycles. The van der Waals surface area contributed by atoms with Crippen LogP contribution in [0, 0.1) is 6.07 Å². The molecule has 78 valence electrons. The van der Waals surface area contributed by atoms with Crippen molar-refractivity contribution >= 4 is 19.8 Å². The molecule has 0 nitrogen and oxygen atoms in total. The van der Waals surface area contributed by atoms with E-state index >= 15 is 0 Å². The van der Waals surface area contributed by atoms with Crippen molar-refractivity contribution in [2.24, 2.45) is 0 Å². The van der Waals surface area contributed by atoms with Gasteiger partial charge in [0.2, 0.25) is 0 Å². The predicted molar refractivity (Wildman–Crippen MR) is 74.1 cm³/mol. The van der Waals surface area contributed by atoms with Gasteiger partial charge in [-0.15, -0.1) is 5.56 Å². The molecule has 2 rings (SSSR count). The molecule has 0 radical (unpaired) electrons. The minimum absolute atomic E-state index is 1.08. The molecule has 0 aliphatic carbocycles. The molecule has 0 fully saturated rings. The average molecular weight is 374 g/mol. The molecule has 2 aromatic carbocycles. The third-order valence-electron chi connectivity index (χ3n) is 2.43. The number of hydrogen-bond acceptors (Lipinski definition) is 0. The molecule has 0 atom stereocenters. The van der Waals surface area contributed by atoms with Gasteiger partial charge in [-0.1, -0.05) is 31.2 Å². The zero-order valence-corrected chi connectivity index (χ0v) is 14.5. The monoisotopic (exact) mass is 372 g/mol. The first-order valence-corrected chi connectivity index (χ1v) is 14.3. The van der Waals surface area contributed by atoms with Crippen LogP contribution in [-0.4, -0.2) is 0 Å². The summed E-state index contributed by atoms with van der Waals surface area (Å²) in [6, 6.07) is 19.7. The van der Waals surface area contributed by atoms with E-state index in [0.29, 0.717) is 0 Å². The van der Waals surface area contributed by atoms with Crippen molar-refractivity contribution in [3.05, 3.63) is 60.2 Å². The van der Waals surface area contributed by atoms with E-state index in [1.165, 1.54) is 31.5 Å². The normalized spacial score (nSPS) is 9.25. The Bertz CT molecular complexity index is 412. The first kappa shape index (κ1) is 13.9. The minimum atomic E-state index is 1.08. The number of rotatable bonds is 2. The van der Waals surface area contributed by atoms with E-state index in [1.54, 1.807) is 0 Å². The second kappa shape index (κ2) is 7.97. The molecule has 0 heterocycles. The van der Waals surface area contributed by atoms with Crippen molar-refractivity contribution in [1.82, 2.24) is 0 Å². The average Bonchev–Trinajstić information content (AvgIpc) is 2.42. The summed E-state index contributed by atoms with van der Waals surface area (Å²) in [7, 11) is 0. The molecular weight excluding hydrogens is 360 g/mol. The van der Waals surface area contributed by atoms with Gasteiger partial charge in [0.1, 0.15) is 0 Å². The van der Waals surface area contributed by atoms with Crippen LogP contribution in [-0.2, 0) is 21.2 Å². The van der Waals surface area contributed by atoms with Gasteiger partial charge in [0, 0.05) is 0 Å². The molecule has 0 unspecified atom stereocenters. The summed E-state index contributed by atoms with van der Waals surface area (Å²) in [6.07, 6.45) is 1.08. The van der Waals surface area contributed by atoms with E-state index in [1.807, 2.05) is 12.1 Å². The molecular formula is C14H13IZn. The van der Waals surface area contributed by atoms with Gasteiger partial charge < -0.3 is 0 Å². The predicted octanol–water partition coefficient (Wildman–Crippen LogP) is 4.60. The quantitative estimate of drug-likeness (QED) is 0.410. The Kier molecular flexibility index (Phi) is 6.90. The van der Waals surface area contributed by atoms with Crippen LogP contribution in [0.25, 0.3) is 11.1 Å². The van der Waals surface area contributed by atoms with Gasteiger partial charge in [-0.3, -0.25) is 0 Å². The van der Waals surface area contributed by atoms with E-state index in [0.717, 1.165) is 6.42 Å². The second-order valence-electron chi connectivity index (χ2n) is 3.30. The molecule has 0 saturated carbocycles. The summed E-state index contributed by atoms with van der Waals surface area (Å²) < 4.78 is 0. The Labute approximate surface area is 118 Å². The molecule has 0 spiro atoms. The van der Waals surface area contributed by atoms with E-state index < -0.39 is 0 Å². The van der Waals surface area contributed by atoms with Gasteiger partial charge in [0.05, 0.1) is 0 Å². The van der Waals surface area contributed by atoms with Crippen molar-refractivity contribution in [2.45, 2.75) is 13.3 Å². The Morgan fingerprint density at radius 3 is 2.31 bits per heavy atom. The molecule has 0 aliphatic rings.